The average molecular weight is 302 g/mol. The quantitative estimate of drug-likeness (QED) is 0.916. The maximum Gasteiger partial charge on any atom is 0.262 e. The first-order chi connectivity index (χ1) is 9.95. The number of hydrogen-bond donors (Lipinski definition) is 2. The van der Waals surface area contributed by atoms with Crippen molar-refractivity contribution in [2.45, 2.75) is 25.2 Å². The minimum atomic E-state index is -3.55. The molecule has 0 amide bonds. The highest BCUT2D eigenvalue weighted by atomic mass is 32.2. The Hall–Kier alpha value is -2.01. The predicted molar refractivity (Wildman–Crippen MR) is 85.4 cm³/mol. The Morgan fingerprint density at radius 3 is 2.67 bits per heavy atom. The normalized spacial score (nSPS) is 13.6. The molecule has 4 nitrogen and oxygen atoms in total. The van der Waals surface area contributed by atoms with E-state index >= 15 is 0 Å². The Labute approximate surface area is 125 Å². The highest BCUT2D eigenvalue weighted by molar-refractivity contribution is 7.92. The van der Waals surface area contributed by atoms with E-state index in [0.29, 0.717) is 10.6 Å². The molecule has 0 spiro atoms. The van der Waals surface area contributed by atoms with Crippen LogP contribution in [0.5, 0.6) is 0 Å². The molecule has 0 bridgehead atoms. The molecule has 3 rings (SSSR count). The summed E-state index contributed by atoms with van der Waals surface area (Å²) in [6.45, 7) is 4.67. The molecule has 0 unspecified atom stereocenters. The summed E-state index contributed by atoms with van der Waals surface area (Å²) in [5, 5.41) is 3.26. The first kappa shape index (κ1) is 13.9. The molecule has 2 N–H and O–H groups in total. The van der Waals surface area contributed by atoms with Crippen LogP contribution in [0.25, 0.3) is 0 Å². The predicted octanol–water partition coefficient (Wildman–Crippen LogP) is 3.07. The molecule has 21 heavy (non-hydrogen) atoms. The molecule has 1 aliphatic heterocycles. The van der Waals surface area contributed by atoms with Crippen LogP contribution < -0.4 is 10.0 Å². The van der Waals surface area contributed by atoms with Crippen LogP contribution >= 0.6 is 0 Å². The van der Waals surface area contributed by atoms with Gasteiger partial charge in [0, 0.05) is 17.9 Å². The maximum atomic E-state index is 12.5. The summed E-state index contributed by atoms with van der Waals surface area (Å²) < 4.78 is 27.7. The van der Waals surface area contributed by atoms with E-state index in [9.17, 15) is 8.42 Å². The highest BCUT2D eigenvalue weighted by Gasteiger charge is 2.18. The zero-order valence-electron chi connectivity index (χ0n) is 12.1. The fourth-order valence-corrected chi connectivity index (χ4v) is 3.96. The smallest absolute Gasteiger partial charge is 0.262 e. The van der Waals surface area contributed by atoms with Gasteiger partial charge in [-0.1, -0.05) is 17.7 Å². The van der Waals surface area contributed by atoms with Crippen LogP contribution in [0, 0.1) is 13.8 Å². The van der Waals surface area contributed by atoms with Crippen molar-refractivity contribution in [1.82, 2.24) is 0 Å². The monoisotopic (exact) mass is 302 g/mol. The molecule has 0 atom stereocenters. The van der Waals surface area contributed by atoms with Gasteiger partial charge in [-0.25, -0.2) is 8.42 Å². The van der Waals surface area contributed by atoms with Gasteiger partial charge in [-0.15, -0.1) is 0 Å². The molecular weight excluding hydrogens is 284 g/mol. The molecule has 0 aliphatic carbocycles. The van der Waals surface area contributed by atoms with Crippen molar-refractivity contribution in [3.05, 3.63) is 53.1 Å². The van der Waals surface area contributed by atoms with Crippen molar-refractivity contribution < 1.29 is 8.42 Å². The van der Waals surface area contributed by atoms with Crippen molar-refractivity contribution in [3.8, 4) is 0 Å². The van der Waals surface area contributed by atoms with Gasteiger partial charge >= 0.3 is 0 Å². The van der Waals surface area contributed by atoms with Crippen molar-refractivity contribution in [1.29, 1.82) is 0 Å². The first-order valence-corrected chi connectivity index (χ1v) is 8.41. The molecule has 1 aliphatic rings. The van der Waals surface area contributed by atoms with Crippen molar-refractivity contribution >= 4 is 21.4 Å². The van der Waals surface area contributed by atoms with Crippen molar-refractivity contribution in [2.75, 3.05) is 16.6 Å². The largest absolute Gasteiger partial charge is 0.384 e. The molecule has 0 saturated carbocycles. The number of fused-ring (bicyclic) bond motifs is 1. The van der Waals surface area contributed by atoms with Crippen LogP contribution in [-0.2, 0) is 16.4 Å². The summed E-state index contributed by atoms with van der Waals surface area (Å²) >= 11 is 0. The van der Waals surface area contributed by atoms with Gasteiger partial charge in [0.05, 0.1) is 4.90 Å². The molecule has 110 valence electrons. The number of aryl methyl sites for hydroxylation is 2. The second-order valence-corrected chi connectivity index (χ2v) is 7.07. The SMILES string of the molecule is Cc1ccc(S(=O)(=O)Nc2ccc3c(c2)CCN3)c(C)c1. The summed E-state index contributed by atoms with van der Waals surface area (Å²) in [7, 11) is -3.55. The van der Waals surface area contributed by atoms with E-state index in [4.69, 9.17) is 0 Å². The fraction of sp³-hybridized carbons (Fsp3) is 0.250. The Kier molecular flexibility index (Phi) is 3.37. The summed E-state index contributed by atoms with van der Waals surface area (Å²) in [5.74, 6) is 0. The summed E-state index contributed by atoms with van der Waals surface area (Å²) in [4.78, 5) is 0.326. The van der Waals surface area contributed by atoms with Crippen LogP contribution in [0.15, 0.2) is 41.3 Å². The fourth-order valence-electron chi connectivity index (χ4n) is 2.68. The Bertz CT molecular complexity index is 798. The third-order valence-corrected chi connectivity index (χ3v) is 5.23. The van der Waals surface area contributed by atoms with Gasteiger partial charge in [0.1, 0.15) is 0 Å². The van der Waals surface area contributed by atoms with E-state index in [1.54, 1.807) is 12.1 Å². The van der Waals surface area contributed by atoms with Crippen LogP contribution in [0.3, 0.4) is 0 Å². The zero-order valence-corrected chi connectivity index (χ0v) is 12.9. The Balaban J connectivity index is 1.92. The molecule has 0 aromatic heterocycles. The number of anilines is 2. The maximum absolute atomic E-state index is 12.5. The van der Waals surface area contributed by atoms with Crippen LogP contribution in [-0.4, -0.2) is 15.0 Å². The molecule has 0 saturated heterocycles. The van der Waals surface area contributed by atoms with Gasteiger partial charge in [0.25, 0.3) is 10.0 Å². The lowest BCUT2D eigenvalue weighted by Crippen LogP contribution is -2.14. The molecular formula is C16H18N2O2S. The van der Waals surface area contributed by atoms with Gasteiger partial charge in [0.15, 0.2) is 0 Å². The lowest BCUT2D eigenvalue weighted by atomic mass is 10.1. The van der Waals surface area contributed by atoms with Gasteiger partial charge in [0.2, 0.25) is 0 Å². The van der Waals surface area contributed by atoms with Gasteiger partial charge < -0.3 is 5.32 Å². The third kappa shape index (κ3) is 2.74. The van der Waals surface area contributed by atoms with Crippen LogP contribution in [0.4, 0.5) is 11.4 Å². The summed E-state index contributed by atoms with van der Waals surface area (Å²) in [5.41, 5.74) is 4.65. The third-order valence-electron chi connectivity index (χ3n) is 3.69. The Morgan fingerprint density at radius 1 is 1.10 bits per heavy atom. The molecule has 1 heterocycles. The van der Waals surface area contributed by atoms with Gasteiger partial charge in [-0.2, -0.15) is 0 Å². The van der Waals surface area contributed by atoms with E-state index in [-0.39, 0.29) is 0 Å². The number of nitrogens with one attached hydrogen (secondary N) is 2. The standard InChI is InChI=1S/C16H18N2O2S/c1-11-3-6-16(12(2)9-11)21(19,20)18-14-4-5-15-13(10-14)7-8-17-15/h3-6,9-10,17-18H,7-8H2,1-2H3. The number of sulfonamides is 1. The van der Waals surface area contributed by atoms with Gasteiger partial charge in [-0.05, 0) is 55.7 Å². The Morgan fingerprint density at radius 2 is 1.90 bits per heavy atom. The minimum Gasteiger partial charge on any atom is -0.384 e. The number of benzene rings is 2. The van der Waals surface area contributed by atoms with E-state index in [1.807, 2.05) is 38.1 Å². The molecule has 2 aromatic carbocycles. The lowest BCUT2D eigenvalue weighted by molar-refractivity contribution is 0.600. The molecule has 5 heteroatoms. The topological polar surface area (TPSA) is 58.2 Å². The highest BCUT2D eigenvalue weighted by Crippen LogP contribution is 2.27. The number of rotatable bonds is 3. The first-order valence-electron chi connectivity index (χ1n) is 6.92. The minimum absolute atomic E-state index is 0.326. The van der Waals surface area contributed by atoms with Crippen LogP contribution in [0.1, 0.15) is 16.7 Å². The average Bonchev–Trinajstić information content (AvgIpc) is 2.85. The molecule has 0 fully saturated rings. The molecule has 2 aromatic rings. The van der Waals surface area contributed by atoms with E-state index < -0.39 is 10.0 Å². The summed E-state index contributed by atoms with van der Waals surface area (Å²) in [6, 6.07) is 11.0. The van der Waals surface area contributed by atoms with Crippen molar-refractivity contribution in [2.24, 2.45) is 0 Å². The second-order valence-electron chi connectivity index (χ2n) is 5.42. The van der Waals surface area contributed by atoms with E-state index in [1.165, 1.54) is 0 Å². The van der Waals surface area contributed by atoms with E-state index in [0.717, 1.165) is 35.3 Å². The molecule has 0 radical (unpaired) electrons. The second kappa shape index (κ2) is 5.07. The van der Waals surface area contributed by atoms with Crippen molar-refractivity contribution in [3.63, 3.8) is 0 Å². The zero-order chi connectivity index (χ0) is 15.0. The number of hydrogen-bond acceptors (Lipinski definition) is 3. The van der Waals surface area contributed by atoms with Gasteiger partial charge in [-0.3, -0.25) is 4.72 Å². The van der Waals surface area contributed by atoms with E-state index in [2.05, 4.69) is 10.0 Å². The summed E-state index contributed by atoms with van der Waals surface area (Å²) in [6.07, 6.45) is 0.925. The van der Waals surface area contributed by atoms with Crippen LogP contribution in [0.2, 0.25) is 0 Å². The lowest BCUT2D eigenvalue weighted by Gasteiger charge is -2.12.